The fraction of sp³-hybridized carbons (Fsp3) is 0.364. The average Bonchev–Trinajstić information content (AvgIpc) is 2.52. The van der Waals surface area contributed by atoms with Gasteiger partial charge in [-0.3, -0.25) is 0 Å². The van der Waals surface area contributed by atoms with Crippen LogP contribution in [-0.2, 0) is 4.74 Å². The van der Waals surface area contributed by atoms with Gasteiger partial charge in [-0.05, 0) is 59.0 Å². The molecule has 122 valence electrons. The number of fused-ring (bicyclic) bond motifs is 2. The van der Waals surface area contributed by atoms with Gasteiger partial charge in [0, 0.05) is 6.61 Å². The van der Waals surface area contributed by atoms with Crippen molar-refractivity contribution in [1.82, 2.24) is 0 Å². The van der Waals surface area contributed by atoms with Crippen molar-refractivity contribution in [2.75, 3.05) is 6.61 Å². The first-order valence-corrected chi connectivity index (χ1v) is 8.56. The quantitative estimate of drug-likeness (QED) is 0.486. The Morgan fingerprint density at radius 3 is 1.96 bits per heavy atom. The van der Waals surface area contributed by atoms with E-state index in [2.05, 4.69) is 82.3 Å². The summed E-state index contributed by atoms with van der Waals surface area (Å²) < 4.78 is 5.75. The second-order valence-corrected chi connectivity index (χ2v) is 6.60. The van der Waals surface area contributed by atoms with Crippen molar-refractivity contribution >= 4 is 21.5 Å². The fourth-order valence-electron chi connectivity index (χ4n) is 2.69. The Bertz CT molecular complexity index is 755. The molecule has 0 radical (unpaired) electrons. The van der Waals surface area contributed by atoms with E-state index in [1.54, 1.807) is 0 Å². The number of hydrogen-bond donors (Lipinski definition) is 0. The molecule has 3 aromatic rings. The van der Waals surface area contributed by atoms with Gasteiger partial charge < -0.3 is 4.74 Å². The Morgan fingerprint density at radius 2 is 1.35 bits per heavy atom. The zero-order chi connectivity index (χ0) is 16.8. The molecule has 0 aliphatic heterocycles. The van der Waals surface area contributed by atoms with E-state index in [-0.39, 0.29) is 6.10 Å². The molecule has 3 rings (SSSR count). The van der Waals surface area contributed by atoms with E-state index in [0.717, 1.165) is 12.5 Å². The topological polar surface area (TPSA) is 9.23 Å². The molecule has 0 bridgehead atoms. The second kappa shape index (κ2) is 8.12. The van der Waals surface area contributed by atoms with Crippen LogP contribution in [0.15, 0.2) is 54.6 Å². The van der Waals surface area contributed by atoms with Crippen molar-refractivity contribution in [2.24, 2.45) is 5.92 Å². The van der Waals surface area contributed by atoms with Crippen LogP contribution in [-0.4, -0.2) is 6.61 Å². The Morgan fingerprint density at radius 1 is 0.783 bits per heavy atom. The fourth-order valence-corrected chi connectivity index (χ4v) is 2.69. The lowest BCUT2D eigenvalue weighted by atomic mass is 9.97. The summed E-state index contributed by atoms with van der Waals surface area (Å²) in [6.45, 7) is 11.4. The molecule has 1 heteroatoms. The lowest BCUT2D eigenvalue weighted by Crippen LogP contribution is -2.00. The molecule has 0 N–H and O–H groups in total. The molecule has 0 fully saturated rings. The van der Waals surface area contributed by atoms with Gasteiger partial charge in [0.05, 0.1) is 6.10 Å². The van der Waals surface area contributed by atoms with Crippen LogP contribution in [0.25, 0.3) is 21.5 Å². The molecule has 0 aromatic heterocycles. The monoisotopic (exact) mass is 308 g/mol. The molecular formula is C22H28O. The molecule has 1 atom stereocenters. The first-order valence-electron chi connectivity index (χ1n) is 8.56. The van der Waals surface area contributed by atoms with E-state index in [0.29, 0.717) is 0 Å². The molecule has 1 nitrogen and oxygen atoms in total. The Hall–Kier alpha value is -1.86. The maximum absolute atomic E-state index is 5.75. The predicted octanol–water partition coefficient (Wildman–Crippen LogP) is 6.75. The van der Waals surface area contributed by atoms with E-state index in [9.17, 15) is 0 Å². The normalized spacial score (nSPS) is 12.3. The van der Waals surface area contributed by atoms with Crippen molar-refractivity contribution in [3.8, 4) is 0 Å². The first kappa shape index (κ1) is 17.5. The van der Waals surface area contributed by atoms with Crippen molar-refractivity contribution in [3.63, 3.8) is 0 Å². The van der Waals surface area contributed by atoms with E-state index < -0.39 is 0 Å². The minimum Gasteiger partial charge on any atom is -0.374 e. The molecule has 3 aromatic carbocycles. The summed E-state index contributed by atoms with van der Waals surface area (Å²) in [6, 6.07) is 19.5. The highest BCUT2D eigenvalue weighted by Crippen LogP contribution is 2.30. The molecule has 0 aliphatic rings. The van der Waals surface area contributed by atoms with E-state index >= 15 is 0 Å². The van der Waals surface area contributed by atoms with Gasteiger partial charge in [0.25, 0.3) is 0 Å². The Kier molecular flexibility index (Phi) is 6.18. The molecular weight excluding hydrogens is 280 g/mol. The largest absolute Gasteiger partial charge is 0.374 e. The van der Waals surface area contributed by atoms with Crippen LogP contribution in [0.2, 0.25) is 0 Å². The van der Waals surface area contributed by atoms with Crippen LogP contribution < -0.4 is 0 Å². The van der Waals surface area contributed by atoms with Crippen LogP contribution in [0.1, 0.15) is 46.3 Å². The summed E-state index contributed by atoms with van der Waals surface area (Å²) in [5.41, 5.74) is 1.27. The molecule has 0 aliphatic carbocycles. The van der Waals surface area contributed by atoms with E-state index in [1.165, 1.54) is 27.1 Å². The molecule has 0 heterocycles. The standard InChI is InChI=1S/C18H18O.C4H10/c1-3-19-13(2)17-10-6-9-16-11-14-7-4-5-8-15(14)12-18(16)17;1-4(2)3/h4-13H,3H2,1-2H3;4H,1-3H3. The van der Waals surface area contributed by atoms with Gasteiger partial charge in [-0.1, -0.05) is 63.2 Å². The summed E-state index contributed by atoms with van der Waals surface area (Å²) in [5, 5.41) is 5.15. The van der Waals surface area contributed by atoms with Crippen molar-refractivity contribution in [3.05, 3.63) is 60.2 Å². The molecule has 0 saturated heterocycles. The third-order valence-corrected chi connectivity index (χ3v) is 3.64. The van der Waals surface area contributed by atoms with Gasteiger partial charge in [-0.25, -0.2) is 0 Å². The highest BCUT2D eigenvalue weighted by atomic mass is 16.5. The van der Waals surface area contributed by atoms with Gasteiger partial charge in [-0.15, -0.1) is 0 Å². The second-order valence-electron chi connectivity index (χ2n) is 6.60. The minimum atomic E-state index is 0.134. The third-order valence-electron chi connectivity index (χ3n) is 3.64. The summed E-state index contributed by atoms with van der Waals surface area (Å²) in [5.74, 6) is 0.833. The van der Waals surface area contributed by atoms with Crippen LogP contribution in [0.4, 0.5) is 0 Å². The zero-order valence-corrected chi connectivity index (χ0v) is 15.0. The highest BCUT2D eigenvalue weighted by Gasteiger charge is 2.09. The average molecular weight is 308 g/mol. The molecule has 0 spiro atoms. The summed E-state index contributed by atoms with van der Waals surface area (Å²) in [4.78, 5) is 0. The van der Waals surface area contributed by atoms with Crippen molar-refractivity contribution in [1.29, 1.82) is 0 Å². The van der Waals surface area contributed by atoms with Gasteiger partial charge in [0.15, 0.2) is 0 Å². The maximum atomic E-state index is 5.75. The number of rotatable bonds is 3. The van der Waals surface area contributed by atoms with Gasteiger partial charge in [0.2, 0.25) is 0 Å². The highest BCUT2D eigenvalue weighted by molar-refractivity contribution is 5.99. The van der Waals surface area contributed by atoms with E-state index in [1.807, 2.05) is 6.92 Å². The lowest BCUT2D eigenvalue weighted by molar-refractivity contribution is 0.0774. The molecule has 0 saturated carbocycles. The van der Waals surface area contributed by atoms with Gasteiger partial charge in [-0.2, -0.15) is 0 Å². The summed E-state index contributed by atoms with van der Waals surface area (Å²) >= 11 is 0. The van der Waals surface area contributed by atoms with Crippen molar-refractivity contribution < 1.29 is 4.74 Å². The number of hydrogen-bond acceptors (Lipinski definition) is 1. The minimum absolute atomic E-state index is 0.134. The van der Waals surface area contributed by atoms with Crippen LogP contribution in [0.3, 0.4) is 0 Å². The van der Waals surface area contributed by atoms with Crippen molar-refractivity contribution in [2.45, 2.75) is 40.7 Å². The lowest BCUT2D eigenvalue weighted by Gasteiger charge is -2.15. The summed E-state index contributed by atoms with van der Waals surface area (Å²) in [6.07, 6.45) is 0.134. The zero-order valence-electron chi connectivity index (χ0n) is 15.0. The van der Waals surface area contributed by atoms with Gasteiger partial charge >= 0.3 is 0 Å². The first-order chi connectivity index (χ1) is 11.0. The van der Waals surface area contributed by atoms with E-state index in [4.69, 9.17) is 4.74 Å². The molecule has 0 amide bonds. The number of ether oxygens (including phenoxy) is 1. The maximum Gasteiger partial charge on any atom is 0.0802 e. The van der Waals surface area contributed by atoms with Crippen LogP contribution in [0.5, 0.6) is 0 Å². The Balaban J connectivity index is 0.000000433. The molecule has 1 unspecified atom stereocenters. The Labute approximate surface area is 140 Å². The molecule has 23 heavy (non-hydrogen) atoms. The predicted molar refractivity (Wildman–Crippen MR) is 102 cm³/mol. The number of benzene rings is 3. The van der Waals surface area contributed by atoms with Crippen LogP contribution >= 0.6 is 0 Å². The smallest absolute Gasteiger partial charge is 0.0802 e. The summed E-state index contributed by atoms with van der Waals surface area (Å²) in [7, 11) is 0. The third kappa shape index (κ3) is 4.56. The van der Waals surface area contributed by atoms with Crippen LogP contribution in [0, 0.1) is 5.92 Å². The van der Waals surface area contributed by atoms with Gasteiger partial charge in [0.1, 0.15) is 0 Å². The SMILES string of the molecule is CC(C)C.CCOC(C)c1cccc2cc3ccccc3cc12.